The molecule has 24 heavy (non-hydrogen) atoms. The minimum Gasteiger partial charge on any atom is -0.372 e. The van der Waals surface area contributed by atoms with E-state index in [1.807, 2.05) is 12.1 Å². The Morgan fingerprint density at radius 1 is 1.17 bits per heavy atom. The summed E-state index contributed by atoms with van der Waals surface area (Å²) < 4.78 is 0. The van der Waals surface area contributed by atoms with Crippen molar-refractivity contribution in [3.8, 4) is 0 Å². The number of nitrogens with zero attached hydrogens (tertiary/aromatic N) is 1. The predicted octanol–water partition coefficient (Wildman–Crippen LogP) is 5.73. The zero-order valence-corrected chi connectivity index (χ0v) is 14.1. The van der Waals surface area contributed by atoms with Gasteiger partial charge in [-0.1, -0.05) is 53.6 Å². The number of allylic oxidation sites excluding steroid dienone is 2. The molecule has 0 radical (unpaired) electrons. The fraction of sp³-hybridized carbons (Fsp3) is 0.222. The van der Waals surface area contributed by atoms with Crippen molar-refractivity contribution in [1.82, 2.24) is 0 Å². The molecule has 4 rings (SSSR count). The number of nitro groups is 1. The standard InChI is InChI=1S/C18H14Cl2N2O2/c19-10-7-8-14(15(20)9-10)17-12-4-1-3-11(12)13-5-2-6-16(22(23)24)18(13)21-17/h1-3,5-9,11-12,17,21H,4H2/t11-,12+,17+/m1/s1. The molecule has 0 aromatic heterocycles. The van der Waals surface area contributed by atoms with E-state index in [9.17, 15) is 10.1 Å². The van der Waals surface area contributed by atoms with E-state index >= 15 is 0 Å². The van der Waals surface area contributed by atoms with Crippen molar-refractivity contribution >= 4 is 34.6 Å². The Kier molecular flexibility index (Phi) is 3.74. The lowest BCUT2D eigenvalue weighted by molar-refractivity contribution is -0.384. The van der Waals surface area contributed by atoms with E-state index in [0.29, 0.717) is 15.7 Å². The monoisotopic (exact) mass is 360 g/mol. The maximum absolute atomic E-state index is 11.4. The molecule has 0 unspecified atom stereocenters. The Balaban J connectivity index is 1.86. The van der Waals surface area contributed by atoms with Gasteiger partial charge < -0.3 is 5.32 Å². The van der Waals surface area contributed by atoms with Gasteiger partial charge >= 0.3 is 0 Å². The number of halogens is 2. The van der Waals surface area contributed by atoms with Crippen LogP contribution in [0.3, 0.4) is 0 Å². The fourth-order valence-corrected chi connectivity index (χ4v) is 4.34. The summed E-state index contributed by atoms with van der Waals surface area (Å²) in [7, 11) is 0. The van der Waals surface area contributed by atoms with Gasteiger partial charge in [-0.05, 0) is 35.6 Å². The molecule has 0 spiro atoms. The van der Waals surface area contributed by atoms with Gasteiger partial charge in [0.05, 0.1) is 11.0 Å². The lowest BCUT2D eigenvalue weighted by atomic mass is 9.77. The maximum atomic E-state index is 11.4. The van der Waals surface area contributed by atoms with Crippen LogP contribution in [0.25, 0.3) is 0 Å². The minimum atomic E-state index is -0.342. The zero-order chi connectivity index (χ0) is 16.8. The number of nitro benzene ring substituents is 1. The summed E-state index contributed by atoms with van der Waals surface area (Å²) in [6, 6.07) is 10.6. The molecule has 6 heteroatoms. The highest BCUT2D eigenvalue weighted by atomic mass is 35.5. The van der Waals surface area contributed by atoms with E-state index in [2.05, 4.69) is 17.5 Å². The molecular weight excluding hydrogens is 347 g/mol. The van der Waals surface area contributed by atoms with Crippen LogP contribution >= 0.6 is 23.2 Å². The highest BCUT2D eigenvalue weighted by Gasteiger charge is 2.40. The van der Waals surface area contributed by atoms with Crippen molar-refractivity contribution in [2.45, 2.75) is 18.4 Å². The molecule has 0 saturated heterocycles. The largest absolute Gasteiger partial charge is 0.372 e. The summed E-state index contributed by atoms with van der Waals surface area (Å²) in [5, 5.41) is 16.0. The topological polar surface area (TPSA) is 55.2 Å². The number of rotatable bonds is 2. The lowest BCUT2D eigenvalue weighted by Crippen LogP contribution is -2.29. The summed E-state index contributed by atoms with van der Waals surface area (Å²) in [4.78, 5) is 11.1. The van der Waals surface area contributed by atoms with E-state index in [0.717, 1.165) is 17.5 Å². The molecule has 4 nitrogen and oxygen atoms in total. The average Bonchev–Trinajstić information content (AvgIpc) is 3.03. The Morgan fingerprint density at radius 2 is 2.00 bits per heavy atom. The van der Waals surface area contributed by atoms with Crippen molar-refractivity contribution in [1.29, 1.82) is 0 Å². The molecule has 2 aliphatic rings. The summed E-state index contributed by atoms with van der Waals surface area (Å²) >= 11 is 12.4. The molecule has 1 heterocycles. The Hall–Kier alpha value is -2.04. The van der Waals surface area contributed by atoms with Crippen molar-refractivity contribution < 1.29 is 4.92 Å². The number of hydrogen-bond donors (Lipinski definition) is 1. The van der Waals surface area contributed by atoms with Crippen LogP contribution in [0.5, 0.6) is 0 Å². The molecule has 0 amide bonds. The summed E-state index contributed by atoms with van der Waals surface area (Å²) in [5.41, 5.74) is 2.58. The first kappa shape index (κ1) is 15.5. The lowest BCUT2D eigenvalue weighted by Gasteiger charge is -2.37. The predicted molar refractivity (Wildman–Crippen MR) is 95.9 cm³/mol. The van der Waals surface area contributed by atoms with Crippen LogP contribution in [-0.2, 0) is 0 Å². The number of hydrogen-bond acceptors (Lipinski definition) is 3. The van der Waals surface area contributed by atoms with Crippen LogP contribution in [0.15, 0.2) is 48.6 Å². The van der Waals surface area contributed by atoms with Crippen molar-refractivity contribution in [3.05, 3.63) is 79.8 Å². The minimum absolute atomic E-state index is 0.0941. The normalized spacial score (nSPS) is 24.2. The number of anilines is 1. The van der Waals surface area contributed by atoms with Crippen LogP contribution in [-0.4, -0.2) is 4.92 Å². The van der Waals surface area contributed by atoms with Crippen molar-refractivity contribution in [3.63, 3.8) is 0 Å². The third kappa shape index (κ3) is 2.38. The third-order valence-corrected chi connectivity index (χ3v) is 5.43. The van der Waals surface area contributed by atoms with Gasteiger partial charge in [0.15, 0.2) is 0 Å². The second kappa shape index (κ2) is 5.80. The van der Waals surface area contributed by atoms with Crippen LogP contribution < -0.4 is 5.32 Å². The van der Waals surface area contributed by atoms with Gasteiger partial charge in [0, 0.05) is 22.0 Å². The number of nitrogens with one attached hydrogen (secondary N) is 1. The zero-order valence-electron chi connectivity index (χ0n) is 12.6. The third-order valence-electron chi connectivity index (χ3n) is 4.87. The molecule has 1 aliphatic carbocycles. The van der Waals surface area contributed by atoms with E-state index in [1.165, 1.54) is 6.07 Å². The number of benzene rings is 2. The van der Waals surface area contributed by atoms with Gasteiger partial charge in [-0.25, -0.2) is 0 Å². The van der Waals surface area contributed by atoms with Gasteiger partial charge in [0.25, 0.3) is 5.69 Å². The highest BCUT2D eigenvalue weighted by molar-refractivity contribution is 6.35. The van der Waals surface area contributed by atoms with Crippen LogP contribution in [0.2, 0.25) is 10.0 Å². The van der Waals surface area contributed by atoms with Crippen LogP contribution in [0.1, 0.15) is 29.5 Å². The molecule has 3 atom stereocenters. The highest BCUT2D eigenvalue weighted by Crippen LogP contribution is 2.52. The number of fused-ring (bicyclic) bond motifs is 3. The molecular formula is C18H14Cl2N2O2. The molecule has 0 fully saturated rings. The average molecular weight is 361 g/mol. The van der Waals surface area contributed by atoms with E-state index < -0.39 is 0 Å². The molecule has 0 bridgehead atoms. The van der Waals surface area contributed by atoms with Gasteiger partial charge in [-0.2, -0.15) is 0 Å². The van der Waals surface area contributed by atoms with Crippen molar-refractivity contribution in [2.24, 2.45) is 5.92 Å². The van der Waals surface area contributed by atoms with E-state index in [1.54, 1.807) is 18.2 Å². The Labute approximate surface area is 149 Å². The van der Waals surface area contributed by atoms with Crippen molar-refractivity contribution in [2.75, 3.05) is 5.32 Å². The van der Waals surface area contributed by atoms with Gasteiger partial charge in [-0.15, -0.1) is 0 Å². The molecule has 2 aromatic carbocycles. The molecule has 1 aliphatic heterocycles. The first-order chi connectivity index (χ1) is 11.6. The Bertz CT molecular complexity index is 866. The van der Waals surface area contributed by atoms with E-state index in [4.69, 9.17) is 23.2 Å². The van der Waals surface area contributed by atoms with Gasteiger partial charge in [0.1, 0.15) is 5.69 Å². The SMILES string of the molecule is O=[N+]([O-])c1cccc2c1N[C@H](c1ccc(Cl)cc1Cl)[C@H]1CC=C[C@@H]21. The van der Waals surface area contributed by atoms with E-state index in [-0.39, 0.29) is 28.5 Å². The molecule has 122 valence electrons. The second-order valence-corrected chi connectivity index (χ2v) is 6.98. The fourth-order valence-electron chi connectivity index (χ4n) is 3.82. The Morgan fingerprint density at radius 3 is 2.75 bits per heavy atom. The molecule has 1 N–H and O–H groups in total. The smallest absolute Gasteiger partial charge is 0.292 e. The first-order valence-electron chi connectivity index (χ1n) is 7.71. The quantitative estimate of drug-likeness (QED) is 0.422. The second-order valence-electron chi connectivity index (χ2n) is 6.14. The van der Waals surface area contributed by atoms with Crippen LogP contribution in [0, 0.1) is 16.0 Å². The van der Waals surface area contributed by atoms with Gasteiger partial charge in [-0.3, -0.25) is 10.1 Å². The maximum Gasteiger partial charge on any atom is 0.292 e. The van der Waals surface area contributed by atoms with Gasteiger partial charge in [0.2, 0.25) is 0 Å². The summed E-state index contributed by atoms with van der Waals surface area (Å²) in [5.74, 6) is 0.427. The molecule has 0 saturated carbocycles. The first-order valence-corrected chi connectivity index (χ1v) is 8.47. The summed E-state index contributed by atoms with van der Waals surface area (Å²) in [6.07, 6.45) is 5.19. The van der Waals surface area contributed by atoms with Crippen LogP contribution in [0.4, 0.5) is 11.4 Å². The number of para-hydroxylation sites is 1. The molecule has 2 aromatic rings. The summed E-state index contributed by atoms with van der Waals surface area (Å²) in [6.45, 7) is 0.